The Kier molecular flexibility index (Phi) is 4.92. The minimum Gasteiger partial charge on any atom is -0.272 e. The summed E-state index contributed by atoms with van der Waals surface area (Å²) >= 11 is 5.63. The first kappa shape index (κ1) is 15.5. The van der Waals surface area contributed by atoms with Gasteiger partial charge in [-0.3, -0.25) is 4.79 Å². The number of alkyl halides is 1. The Morgan fingerprint density at radius 3 is 2.90 bits per heavy atom. The van der Waals surface area contributed by atoms with Crippen molar-refractivity contribution in [2.45, 2.75) is 32.4 Å². The third-order valence-corrected chi connectivity index (χ3v) is 3.28. The van der Waals surface area contributed by atoms with Crippen LogP contribution in [0.5, 0.6) is 0 Å². The van der Waals surface area contributed by atoms with Crippen LogP contribution in [0, 0.1) is 17.8 Å². The van der Waals surface area contributed by atoms with Gasteiger partial charge in [-0.25, -0.2) is 8.78 Å². The van der Waals surface area contributed by atoms with Crippen LogP contribution in [0.2, 0.25) is 5.02 Å². The Morgan fingerprint density at radius 1 is 1.48 bits per heavy atom. The van der Waals surface area contributed by atoms with Crippen molar-refractivity contribution < 1.29 is 13.6 Å². The van der Waals surface area contributed by atoms with Crippen molar-refractivity contribution in [3.8, 4) is 12.0 Å². The fourth-order valence-electron chi connectivity index (χ4n) is 1.76. The molecule has 1 heterocycles. The Bertz CT molecular complexity index is 649. The van der Waals surface area contributed by atoms with Crippen LogP contribution in [0.4, 0.5) is 8.78 Å². The summed E-state index contributed by atoms with van der Waals surface area (Å²) in [5.41, 5.74) is 1.05. The maximum absolute atomic E-state index is 13.5. The number of hydrogen-bond acceptors (Lipinski definition) is 2. The monoisotopic (exact) mass is 310 g/mol. The van der Waals surface area contributed by atoms with Crippen LogP contribution in [0.25, 0.3) is 0 Å². The summed E-state index contributed by atoms with van der Waals surface area (Å²) in [7, 11) is 0. The second-order valence-electron chi connectivity index (χ2n) is 4.51. The smallest absolute Gasteiger partial charge is 0.255 e. The van der Waals surface area contributed by atoms with Crippen molar-refractivity contribution in [3.63, 3.8) is 0 Å². The van der Waals surface area contributed by atoms with Crippen LogP contribution >= 0.6 is 11.6 Å². The number of benzene rings is 1. The molecule has 1 amide bonds. The molecule has 1 aromatic carbocycles. The van der Waals surface area contributed by atoms with E-state index in [4.69, 9.17) is 11.6 Å². The number of hydrazone groups is 1. The lowest BCUT2D eigenvalue weighted by Crippen LogP contribution is -2.28. The number of rotatable bonds is 2. The molecule has 110 valence electrons. The summed E-state index contributed by atoms with van der Waals surface area (Å²) in [5.74, 6) is 1.45. The topological polar surface area (TPSA) is 32.7 Å². The van der Waals surface area contributed by atoms with Crippen LogP contribution in [0.15, 0.2) is 23.3 Å². The van der Waals surface area contributed by atoms with Gasteiger partial charge in [-0.05, 0) is 24.5 Å². The molecule has 1 aliphatic heterocycles. The highest BCUT2D eigenvalue weighted by atomic mass is 35.5. The van der Waals surface area contributed by atoms with Gasteiger partial charge in [0, 0.05) is 24.4 Å². The lowest BCUT2D eigenvalue weighted by atomic mass is 10.0. The first-order chi connectivity index (χ1) is 10.0. The van der Waals surface area contributed by atoms with Crippen molar-refractivity contribution in [3.05, 3.63) is 34.6 Å². The van der Waals surface area contributed by atoms with Gasteiger partial charge in [0.05, 0.1) is 10.7 Å². The Labute approximate surface area is 126 Å². The van der Waals surface area contributed by atoms with Gasteiger partial charge in [0.15, 0.2) is 6.17 Å². The standard InChI is InChI=1S/C15H13ClF2N2O/c1-2-11(17)7-8-20-15(21)6-5-14(19-20)10-3-4-12(16)13(18)9-10/h3-4,9,11H,2,5-6H2,1H3. The summed E-state index contributed by atoms with van der Waals surface area (Å²) in [6.07, 6.45) is -0.480. The predicted octanol–water partition coefficient (Wildman–Crippen LogP) is 3.51. The lowest BCUT2D eigenvalue weighted by molar-refractivity contribution is -0.128. The zero-order valence-electron chi connectivity index (χ0n) is 11.4. The first-order valence-electron chi connectivity index (χ1n) is 6.52. The van der Waals surface area contributed by atoms with E-state index >= 15 is 0 Å². The van der Waals surface area contributed by atoms with Gasteiger partial charge in [0.2, 0.25) is 0 Å². The van der Waals surface area contributed by atoms with Gasteiger partial charge in [-0.15, -0.1) is 0 Å². The molecule has 0 N–H and O–H groups in total. The Hall–Kier alpha value is -1.93. The number of carbonyl (C=O) groups is 1. The number of carbonyl (C=O) groups excluding carboxylic acids is 1. The fourth-order valence-corrected chi connectivity index (χ4v) is 1.87. The number of amides is 1. The molecule has 0 saturated heterocycles. The number of halogens is 3. The minimum absolute atomic E-state index is 0.0195. The fraction of sp³-hybridized carbons (Fsp3) is 0.333. The molecular weight excluding hydrogens is 298 g/mol. The van der Waals surface area contributed by atoms with E-state index in [0.717, 1.165) is 5.01 Å². The van der Waals surface area contributed by atoms with Crippen molar-refractivity contribution in [1.29, 1.82) is 0 Å². The van der Waals surface area contributed by atoms with Crippen molar-refractivity contribution in [2.24, 2.45) is 5.10 Å². The lowest BCUT2D eigenvalue weighted by Gasteiger charge is -2.18. The Balaban J connectivity index is 2.28. The first-order valence-corrected chi connectivity index (χ1v) is 6.90. The molecule has 21 heavy (non-hydrogen) atoms. The zero-order chi connectivity index (χ0) is 15.4. The van der Waals surface area contributed by atoms with Crippen LogP contribution in [0.1, 0.15) is 31.7 Å². The molecule has 0 radical (unpaired) electrons. The third kappa shape index (κ3) is 3.79. The van der Waals surface area contributed by atoms with E-state index in [9.17, 15) is 13.6 Å². The van der Waals surface area contributed by atoms with Crippen molar-refractivity contribution in [2.75, 3.05) is 0 Å². The molecule has 0 bridgehead atoms. The summed E-state index contributed by atoms with van der Waals surface area (Å²) in [6, 6.07) is 6.70. The van der Waals surface area contributed by atoms with Crippen LogP contribution in [-0.4, -0.2) is 22.8 Å². The molecule has 1 unspecified atom stereocenters. The molecule has 1 aromatic rings. The molecule has 3 nitrogen and oxygen atoms in total. The minimum atomic E-state index is -1.30. The van der Waals surface area contributed by atoms with Crippen LogP contribution in [0.3, 0.4) is 0 Å². The highest BCUT2D eigenvalue weighted by Crippen LogP contribution is 2.20. The summed E-state index contributed by atoms with van der Waals surface area (Å²) in [6.45, 7) is 1.66. The molecule has 2 rings (SSSR count). The number of nitrogens with zero attached hydrogens (tertiary/aromatic N) is 2. The SMILES string of the molecule is CCC(F)C#CN1N=C(c2ccc(Cl)c(F)c2)CCC1=O. The molecule has 0 aliphatic carbocycles. The van der Waals surface area contributed by atoms with Crippen LogP contribution < -0.4 is 0 Å². The Morgan fingerprint density at radius 2 is 2.24 bits per heavy atom. The highest BCUT2D eigenvalue weighted by Gasteiger charge is 2.20. The van der Waals surface area contributed by atoms with Crippen molar-refractivity contribution >= 4 is 23.2 Å². The van der Waals surface area contributed by atoms with Crippen LogP contribution in [-0.2, 0) is 4.79 Å². The maximum atomic E-state index is 13.5. The second kappa shape index (κ2) is 6.68. The van der Waals surface area contributed by atoms with E-state index in [1.807, 2.05) is 0 Å². The van der Waals surface area contributed by atoms with E-state index in [1.54, 1.807) is 13.0 Å². The molecule has 0 saturated carbocycles. The molecule has 0 fully saturated rings. The second-order valence-corrected chi connectivity index (χ2v) is 4.92. The summed E-state index contributed by atoms with van der Waals surface area (Å²) in [4.78, 5) is 11.7. The predicted molar refractivity (Wildman–Crippen MR) is 77.0 cm³/mol. The molecular formula is C15H13ClF2N2O. The van der Waals surface area contributed by atoms with Gasteiger partial charge >= 0.3 is 0 Å². The van der Waals surface area contributed by atoms with Gasteiger partial charge < -0.3 is 0 Å². The van der Waals surface area contributed by atoms with Gasteiger partial charge in [-0.1, -0.05) is 24.6 Å². The molecule has 1 aliphatic rings. The van der Waals surface area contributed by atoms with Gasteiger partial charge in [0.25, 0.3) is 5.91 Å². The van der Waals surface area contributed by atoms with Gasteiger partial charge in [-0.2, -0.15) is 10.1 Å². The molecule has 0 aromatic heterocycles. The number of hydrogen-bond donors (Lipinski definition) is 0. The average Bonchev–Trinajstić information content (AvgIpc) is 2.49. The van der Waals surface area contributed by atoms with E-state index in [0.29, 0.717) is 17.7 Å². The average molecular weight is 311 g/mol. The molecule has 6 heteroatoms. The highest BCUT2D eigenvalue weighted by molar-refractivity contribution is 6.30. The van der Waals surface area contributed by atoms with Gasteiger partial charge in [0.1, 0.15) is 5.82 Å². The van der Waals surface area contributed by atoms with E-state index in [2.05, 4.69) is 17.1 Å². The molecule has 1 atom stereocenters. The van der Waals surface area contributed by atoms with E-state index < -0.39 is 12.0 Å². The largest absolute Gasteiger partial charge is 0.272 e. The third-order valence-electron chi connectivity index (χ3n) is 2.97. The van der Waals surface area contributed by atoms with E-state index in [-0.39, 0.29) is 23.8 Å². The van der Waals surface area contributed by atoms with E-state index in [1.165, 1.54) is 12.1 Å². The molecule has 0 spiro atoms. The normalized spacial score (nSPS) is 16.1. The quantitative estimate of drug-likeness (QED) is 0.769. The zero-order valence-corrected chi connectivity index (χ0v) is 12.1. The van der Waals surface area contributed by atoms with Crippen molar-refractivity contribution in [1.82, 2.24) is 5.01 Å². The maximum Gasteiger partial charge on any atom is 0.255 e. The summed E-state index contributed by atoms with van der Waals surface area (Å²) < 4.78 is 26.6. The summed E-state index contributed by atoms with van der Waals surface area (Å²) in [5, 5.41) is 5.00.